The highest BCUT2D eigenvalue weighted by molar-refractivity contribution is 5.88. The van der Waals surface area contributed by atoms with E-state index in [1.165, 1.54) is 6.08 Å². The largest absolute Gasteiger partial charge is 0.390 e. The summed E-state index contributed by atoms with van der Waals surface area (Å²) in [5.74, 6) is -0.186. The van der Waals surface area contributed by atoms with Crippen LogP contribution in [0.5, 0.6) is 0 Å². The molecule has 2 N–H and O–H groups in total. The third-order valence-corrected chi connectivity index (χ3v) is 3.05. The van der Waals surface area contributed by atoms with Gasteiger partial charge < -0.3 is 10.4 Å². The molecule has 18 heavy (non-hydrogen) atoms. The molecule has 0 spiro atoms. The zero-order chi connectivity index (χ0) is 13.0. The van der Waals surface area contributed by atoms with E-state index >= 15 is 0 Å². The number of fused-ring (bicyclic) bond motifs is 1. The summed E-state index contributed by atoms with van der Waals surface area (Å²) in [7, 11) is 0. The van der Waals surface area contributed by atoms with E-state index in [9.17, 15) is 9.90 Å². The number of amides is 1. The van der Waals surface area contributed by atoms with E-state index in [2.05, 4.69) is 5.32 Å². The van der Waals surface area contributed by atoms with Crippen molar-refractivity contribution < 1.29 is 9.90 Å². The lowest BCUT2D eigenvalue weighted by atomic mass is 10.1. The first-order chi connectivity index (χ1) is 8.72. The van der Waals surface area contributed by atoms with Gasteiger partial charge in [0, 0.05) is 12.5 Å². The summed E-state index contributed by atoms with van der Waals surface area (Å²) in [6.45, 7) is 1.89. The van der Waals surface area contributed by atoms with Crippen molar-refractivity contribution in [1.29, 1.82) is 0 Å². The molecule has 0 aliphatic heterocycles. The van der Waals surface area contributed by atoms with Crippen LogP contribution in [-0.2, 0) is 11.2 Å². The molecule has 94 valence electrons. The highest BCUT2D eigenvalue weighted by Gasteiger charge is 2.31. The lowest BCUT2D eigenvalue weighted by Crippen LogP contribution is -2.32. The van der Waals surface area contributed by atoms with Gasteiger partial charge in [-0.05, 0) is 18.1 Å². The molecule has 2 atom stereocenters. The lowest BCUT2D eigenvalue weighted by Gasteiger charge is -2.16. The van der Waals surface area contributed by atoms with E-state index in [-0.39, 0.29) is 11.9 Å². The molecule has 3 heteroatoms. The first-order valence-electron chi connectivity index (χ1n) is 6.08. The van der Waals surface area contributed by atoms with Crippen LogP contribution in [0.15, 0.2) is 48.6 Å². The predicted octanol–water partition coefficient (Wildman–Crippen LogP) is 1.89. The van der Waals surface area contributed by atoms with Crippen LogP contribution in [0.4, 0.5) is 0 Å². The van der Waals surface area contributed by atoms with Gasteiger partial charge in [-0.1, -0.05) is 42.5 Å². The van der Waals surface area contributed by atoms with Gasteiger partial charge in [-0.3, -0.25) is 4.79 Å². The maximum atomic E-state index is 11.7. The second kappa shape index (κ2) is 5.65. The fraction of sp³-hybridized carbons (Fsp3) is 0.267. The molecule has 0 bridgehead atoms. The number of allylic oxidation sites excluding steroid dienone is 3. The van der Waals surface area contributed by atoms with E-state index in [0.717, 1.165) is 11.1 Å². The topological polar surface area (TPSA) is 49.3 Å². The van der Waals surface area contributed by atoms with Gasteiger partial charge in [-0.25, -0.2) is 0 Å². The molecule has 1 aromatic carbocycles. The number of hydrogen-bond acceptors (Lipinski definition) is 2. The molecular weight excluding hydrogens is 226 g/mol. The number of aliphatic hydroxyl groups excluding tert-OH is 1. The van der Waals surface area contributed by atoms with Gasteiger partial charge in [-0.15, -0.1) is 0 Å². The Hall–Kier alpha value is -1.87. The summed E-state index contributed by atoms with van der Waals surface area (Å²) in [5.41, 5.74) is 2.12. The number of nitrogens with one attached hydrogen (secondary N) is 1. The molecule has 2 rings (SSSR count). The van der Waals surface area contributed by atoms with Crippen LogP contribution in [0.2, 0.25) is 0 Å². The van der Waals surface area contributed by atoms with Gasteiger partial charge >= 0.3 is 0 Å². The number of carbonyl (C=O) groups is 1. The molecule has 3 nitrogen and oxygen atoms in total. The lowest BCUT2D eigenvalue weighted by molar-refractivity contribution is -0.117. The Morgan fingerprint density at radius 1 is 1.39 bits per heavy atom. The van der Waals surface area contributed by atoms with Crippen molar-refractivity contribution in [3.63, 3.8) is 0 Å². The van der Waals surface area contributed by atoms with Crippen LogP contribution in [0.1, 0.15) is 24.1 Å². The minimum absolute atomic E-state index is 0.186. The smallest absolute Gasteiger partial charge is 0.244 e. The molecule has 0 unspecified atom stereocenters. The molecule has 0 heterocycles. The maximum Gasteiger partial charge on any atom is 0.244 e. The molecule has 1 aliphatic carbocycles. The van der Waals surface area contributed by atoms with Crippen molar-refractivity contribution in [3.05, 3.63) is 59.7 Å². The Morgan fingerprint density at radius 3 is 2.94 bits per heavy atom. The number of benzene rings is 1. The van der Waals surface area contributed by atoms with Crippen molar-refractivity contribution in [1.82, 2.24) is 5.32 Å². The average molecular weight is 243 g/mol. The van der Waals surface area contributed by atoms with Crippen LogP contribution in [-0.4, -0.2) is 17.1 Å². The molecule has 1 aromatic rings. The van der Waals surface area contributed by atoms with Crippen LogP contribution < -0.4 is 5.32 Å². The molecule has 0 saturated heterocycles. The van der Waals surface area contributed by atoms with Crippen LogP contribution >= 0.6 is 0 Å². The van der Waals surface area contributed by atoms with E-state index in [0.29, 0.717) is 6.42 Å². The maximum absolute atomic E-state index is 11.7. The van der Waals surface area contributed by atoms with Crippen LogP contribution in [0, 0.1) is 0 Å². The molecule has 0 saturated carbocycles. The zero-order valence-electron chi connectivity index (χ0n) is 10.3. The second-order valence-corrected chi connectivity index (χ2v) is 4.34. The SMILES string of the molecule is CC=CC=CC(=O)N[C@@H]1c2ccccc2C[C@@H]1O. The first kappa shape index (κ1) is 12.6. The Kier molecular flexibility index (Phi) is 3.95. The molecular formula is C15H17NO2. The molecule has 0 radical (unpaired) electrons. The van der Waals surface area contributed by atoms with Gasteiger partial charge in [0.15, 0.2) is 0 Å². The van der Waals surface area contributed by atoms with Crippen molar-refractivity contribution >= 4 is 5.91 Å². The van der Waals surface area contributed by atoms with Gasteiger partial charge in [0.05, 0.1) is 12.1 Å². The summed E-state index contributed by atoms with van der Waals surface area (Å²) < 4.78 is 0. The summed E-state index contributed by atoms with van der Waals surface area (Å²) >= 11 is 0. The number of rotatable bonds is 3. The normalized spacial score (nSPS) is 22.6. The standard InChI is InChI=1S/C15H17NO2/c1-2-3-4-9-14(18)16-15-12-8-6-5-7-11(12)10-13(15)17/h2-9,13,15,17H,10H2,1H3,(H,16,18)/t13-,15+/m0/s1. The van der Waals surface area contributed by atoms with Crippen LogP contribution in [0.25, 0.3) is 0 Å². The van der Waals surface area contributed by atoms with E-state index in [1.54, 1.807) is 12.2 Å². The van der Waals surface area contributed by atoms with Gasteiger partial charge in [0.25, 0.3) is 0 Å². The predicted molar refractivity (Wildman–Crippen MR) is 71.0 cm³/mol. The Balaban J connectivity index is 2.08. The number of aliphatic hydroxyl groups is 1. The minimum atomic E-state index is -0.540. The van der Waals surface area contributed by atoms with Gasteiger partial charge in [-0.2, -0.15) is 0 Å². The Labute approximate surface area is 107 Å². The average Bonchev–Trinajstić information content (AvgIpc) is 2.67. The first-order valence-corrected chi connectivity index (χ1v) is 6.08. The molecule has 1 aliphatic rings. The summed E-state index contributed by atoms with van der Waals surface area (Å²) in [4.78, 5) is 11.7. The highest BCUT2D eigenvalue weighted by Crippen LogP contribution is 2.31. The minimum Gasteiger partial charge on any atom is -0.390 e. The van der Waals surface area contributed by atoms with E-state index < -0.39 is 6.10 Å². The van der Waals surface area contributed by atoms with Crippen molar-refractivity contribution in [2.24, 2.45) is 0 Å². The third kappa shape index (κ3) is 2.68. The third-order valence-electron chi connectivity index (χ3n) is 3.05. The number of hydrogen-bond donors (Lipinski definition) is 2. The summed E-state index contributed by atoms with van der Waals surface area (Å²) in [6.07, 6.45) is 6.85. The highest BCUT2D eigenvalue weighted by atomic mass is 16.3. The Morgan fingerprint density at radius 2 is 2.17 bits per heavy atom. The van der Waals surface area contributed by atoms with Crippen molar-refractivity contribution in [2.45, 2.75) is 25.5 Å². The fourth-order valence-electron chi connectivity index (χ4n) is 2.20. The second-order valence-electron chi connectivity index (χ2n) is 4.34. The van der Waals surface area contributed by atoms with E-state index in [1.807, 2.05) is 37.3 Å². The van der Waals surface area contributed by atoms with Crippen LogP contribution in [0.3, 0.4) is 0 Å². The Bertz CT molecular complexity index is 491. The zero-order valence-corrected chi connectivity index (χ0v) is 10.3. The molecule has 1 amide bonds. The van der Waals surface area contributed by atoms with Crippen molar-refractivity contribution in [2.75, 3.05) is 0 Å². The monoisotopic (exact) mass is 243 g/mol. The van der Waals surface area contributed by atoms with Gasteiger partial charge in [0.1, 0.15) is 0 Å². The summed E-state index contributed by atoms with van der Waals surface area (Å²) in [5, 5.41) is 12.8. The molecule has 0 fully saturated rings. The van der Waals surface area contributed by atoms with E-state index in [4.69, 9.17) is 0 Å². The fourth-order valence-corrected chi connectivity index (χ4v) is 2.20. The quantitative estimate of drug-likeness (QED) is 0.629. The number of carbonyl (C=O) groups excluding carboxylic acids is 1. The summed E-state index contributed by atoms with van der Waals surface area (Å²) in [6, 6.07) is 7.50. The van der Waals surface area contributed by atoms with Crippen molar-refractivity contribution in [3.8, 4) is 0 Å². The molecule has 0 aromatic heterocycles. The van der Waals surface area contributed by atoms with Gasteiger partial charge in [0.2, 0.25) is 5.91 Å².